The molecule has 1 N–H and O–H groups in total. The Kier molecular flexibility index (Phi) is 9.52. The fourth-order valence-corrected chi connectivity index (χ4v) is 8.31. The molecule has 6 rings (SSSR count). The zero-order valence-corrected chi connectivity index (χ0v) is 29.4. The summed E-state index contributed by atoms with van der Waals surface area (Å²) in [4.78, 5) is 33.2. The van der Waals surface area contributed by atoms with Crippen LogP contribution in [0.3, 0.4) is 0 Å². The molecule has 1 atom stereocenters. The fourth-order valence-electron chi connectivity index (χ4n) is 5.14. The Balaban J connectivity index is 1.41. The van der Waals surface area contributed by atoms with Gasteiger partial charge in [-0.25, -0.2) is 4.99 Å². The summed E-state index contributed by atoms with van der Waals surface area (Å²) in [6.45, 7) is 2.28. The topological polar surface area (TPSA) is 81.9 Å². The van der Waals surface area contributed by atoms with Gasteiger partial charge in [0, 0.05) is 5.69 Å². The van der Waals surface area contributed by atoms with Gasteiger partial charge in [-0.05, 0) is 111 Å². The normalized spacial score (nSPS) is 14.5. The highest BCUT2D eigenvalue weighted by Gasteiger charge is 2.32. The number of nitrogens with one attached hydrogen (secondary N) is 1. The van der Waals surface area contributed by atoms with E-state index >= 15 is 0 Å². The van der Waals surface area contributed by atoms with Gasteiger partial charge in [0.05, 0.1) is 36.1 Å². The zero-order chi connectivity index (χ0) is 31.5. The van der Waals surface area contributed by atoms with Gasteiger partial charge < -0.3 is 14.8 Å². The first kappa shape index (κ1) is 31.2. The molecule has 45 heavy (non-hydrogen) atoms. The van der Waals surface area contributed by atoms with Crippen molar-refractivity contribution in [1.82, 2.24) is 4.57 Å². The van der Waals surface area contributed by atoms with E-state index in [1.807, 2.05) is 110 Å². The number of hydrogen-bond acceptors (Lipinski definition) is 6. The number of halogens is 2. The average molecular weight is 839 g/mol. The Bertz CT molecular complexity index is 2090. The van der Waals surface area contributed by atoms with Gasteiger partial charge in [-0.3, -0.25) is 14.2 Å². The van der Waals surface area contributed by atoms with Crippen LogP contribution in [0.2, 0.25) is 0 Å². The summed E-state index contributed by atoms with van der Waals surface area (Å²) < 4.78 is 15.7. The second-order valence-electron chi connectivity index (χ2n) is 10.3. The first-order valence-electron chi connectivity index (χ1n) is 14.0. The van der Waals surface area contributed by atoms with Gasteiger partial charge >= 0.3 is 0 Å². The maximum absolute atomic E-state index is 14.2. The number of amides is 1. The van der Waals surface area contributed by atoms with Crippen molar-refractivity contribution in [1.29, 1.82) is 0 Å². The third-order valence-electron chi connectivity index (χ3n) is 7.25. The minimum absolute atomic E-state index is 0.224. The van der Waals surface area contributed by atoms with Crippen LogP contribution in [0.25, 0.3) is 6.08 Å². The van der Waals surface area contributed by atoms with Crippen molar-refractivity contribution in [3.05, 3.63) is 152 Å². The van der Waals surface area contributed by atoms with Crippen LogP contribution in [0.1, 0.15) is 29.7 Å². The Morgan fingerprint density at radius 2 is 1.67 bits per heavy atom. The van der Waals surface area contributed by atoms with Gasteiger partial charge in [-0.2, -0.15) is 0 Å². The highest BCUT2D eigenvalue weighted by molar-refractivity contribution is 14.1. The maximum atomic E-state index is 14.2. The van der Waals surface area contributed by atoms with Crippen LogP contribution in [0.15, 0.2) is 118 Å². The highest BCUT2D eigenvalue weighted by Crippen LogP contribution is 2.33. The SMILES string of the molecule is COc1cccc(C2C(C(=O)Nc3ccccc3)=C(C)N=c3s/c(=C/c4cc(I)c(OCc5ccccc5)c(I)c4)c(=O)n32)c1. The lowest BCUT2D eigenvalue weighted by molar-refractivity contribution is -0.113. The maximum Gasteiger partial charge on any atom is 0.271 e. The number of anilines is 1. The van der Waals surface area contributed by atoms with E-state index in [2.05, 4.69) is 50.5 Å². The van der Waals surface area contributed by atoms with Gasteiger partial charge in [0.25, 0.3) is 11.5 Å². The van der Waals surface area contributed by atoms with E-state index in [0.717, 1.165) is 29.6 Å². The number of aromatic nitrogens is 1. The van der Waals surface area contributed by atoms with Crippen LogP contribution in [0.4, 0.5) is 5.69 Å². The Morgan fingerprint density at radius 3 is 2.36 bits per heavy atom. The average Bonchev–Trinajstić information content (AvgIpc) is 3.34. The Labute approximate surface area is 291 Å². The molecule has 1 aliphatic rings. The summed E-state index contributed by atoms with van der Waals surface area (Å²) in [5.74, 6) is 1.12. The van der Waals surface area contributed by atoms with E-state index < -0.39 is 6.04 Å². The van der Waals surface area contributed by atoms with E-state index in [1.165, 1.54) is 11.3 Å². The second kappa shape index (κ2) is 13.7. The number of carbonyl (C=O) groups excluding carboxylic acids is 1. The third kappa shape index (κ3) is 6.77. The lowest BCUT2D eigenvalue weighted by atomic mass is 9.95. The first-order chi connectivity index (χ1) is 21.8. The molecule has 0 radical (unpaired) electrons. The molecule has 10 heteroatoms. The standard InChI is InChI=1S/C35H27I2N3O4S/c1-21-30(33(41)39-25-13-7-4-8-14-25)31(24-12-9-15-26(19-24)43-2)40-34(42)29(45-35(40)38-21)18-23-16-27(36)32(28(37)17-23)44-20-22-10-5-3-6-11-22/h3-19,31H,20H2,1-2H3,(H,39,41)/b29-18+. The van der Waals surface area contributed by atoms with Crippen molar-refractivity contribution in [3.63, 3.8) is 0 Å². The summed E-state index contributed by atoms with van der Waals surface area (Å²) in [5, 5.41) is 2.98. The van der Waals surface area contributed by atoms with E-state index in [1.54, 1.807) is 11.7 Å². The molecule has 2 heterocycles. The molecule has 5 aromatic rings. The van der Waals surface area contributed by atoms with E-state index in [-0.39, 0.29) is 11.5 Å². The summed E-state index contributed by atoms with van der Waals surface area (Å²) in [7, 11) is 1.59. The number of rotatable bonds is 8. The van der Waals surface area contributed by atoms with Gasteiger partial charge in [-0.1, -0.05) is 72.0 Å². The molecule has 0 spiro atoms. The zero-order valence-electron chi connectivity index (χ0n) is 24.3. The number of nitrogens with zero attached hydrogens (tertiary/aromatic N) is 2. The van der Waals surface area contributed by atoms with Crippen LogP contribution in [0.5, 0.6) is 11.5 Å². The van der Waals surface area contributed by atoms with Crippen molar-refractivity contribution in [2.75, 3.05) is 12.4 Å². The summed E-state index contributed by atoms with van der Waals surface area (Å²) >= 11 is 5.85. The largest absolute Gasteiger partial charge is 0.497 e. The molecule has 1 aliphatic heterocycles. The fraction of sp³-hybridized carbons (Fsp3) is 0.114. The van der Waals surface area contributed by atoms with Crippen molar-refractivity contribution < 1.29 is 14.3 Å². The summed E-state index contributed by atoms with van der Waals surface area (Å²) in [5.41, 5.74) is 4.09. The first-order valence-corrected chi connectivity index (χ1v) is 17.0. The number of benzene rings is 4. The predicted octanol–water partition coefficient (Wildman–Crippen LogP) is 6.67. The molecule has 7 nitrogen and oxygen atoms in total. The van der Waals surface area contributed by atoms with Gasteiger partial charge in [0.2, 0.25) is 0 Å². The predicted molar refractivity (Wildman–Crippen MR) is 194 cm³/mol. The molecule has 0 aliphatic carbocycles. The van der Waals surface area contributed by atoms with Crippen molar-refractivity contribution in [2.45, 2.75) is 19.6 Å². The number of hydrogen-bond donors (Lipinski definition) is 1. The lowest BCUT2D eigenvalue weighted by Crippen LogP contribution is -2.40. The molecule has 0 fully saturated rings. The van der Waals surface area contributed by atoms with Crippen molar-refractivity contribution in [2.24, 2.45) is 4.99 Å². The van der Waals surface area contributed by atoms with E-state index in [0.29, 0.717) is 38.6 Å². The van der Waals surface area contributed by atoms with Gasteiger partial charge in [0.15, 0.2) is 4.80 Å². The van der Waals surface area contributed by atoms with Crippen LogP contribution >= 0.6 is 56.5 Å². The number of methoxy groups -OCH3 is 1. The number of para-hydroxylation sites is 1. The van der Waals surface area contributed by atoms with Crippen LogP contribution in [-0.2, 0) is 11.4 Å². The van der Waals surface area contributed by atoms with Crippen molar-refractivity contribution >= 4 is 74.2 Å². The number of thiazole rings is 1. The molecule has 4 aromatic carbocycles. The molecule has 0 saturated heterocycles. The monoisotopic (exact) mass is 839 g/mol. The van der Waals surface area contributed by atoms with Gasteiger partial charge in [-0.15, -0.1) is 0 Å². The second-order valence-corrected chi connectivity index (χ2v) is 13.6. The van der Waals surface area contributed by atoms with E-state index in [9.17, 15) is 9.59 Å². The van der Waals surface area contributed by atoms with Gasteiger partial charge in [0.1, 0.15) is 18.1 Å². The van der Waals surface area contributed by atoms with Crippen LogP contribution < -0.4 is 29.7 Å². The minimum Gasteiger partial charge on any atom is -0.497 e. The Morgan fingerprint density at radius 1 is 0.978 bits per heavy atom. The molecule has 1 unspecified atom stereocenters. The summed E-state index contributed by atoms with van der Waals surface area (Å²) in [6, 6.07) is 30.0. The van der Waals surface area contributed by atoms with Crippen LogP contribution in [-0.4, -0.2) is 17.6 Å². The number of fused-ring (bicyclic) bond motifs is 1. The minimum atomic E-state index is -0.698. The quantitative estimate of drug-likeness (QED) is 0.177. The molecule has 0 saturated carbocycles. The van der Waals surface area contributed by atoms with Crippen LogP contribution in [0, 0.1) is 7.14 Å². The molecular weight excluding hydrogens is 812 g/mol. The Hall–Kier alpha value is -3.75. The molecule has 226 valence electrons. The lowest BCUT2D eigenvalue weighted by Gasteiger charge is -2.25. The number of ether oxygens (including phenoxy) is 2. The highest BCUT2D eigenvalue weighted by atomic mass is 127. The number of carbonyl (C=O) groups is 1. The molecular formula is C35H27I2N3O4S. The molecule has 0 bridgehead atoms. The van der Waals surface area contributed by atoms with E-state index in [4.69, 9.17) is 14.5 Å². The molecule has 1 aromatic heterocycles. The molecule has 1 amide bonds. The summed E-state index contributed by atoms with van der Waals surface area (Å²) in [6.07, 6.45) is 1.88. The smallest absolute Gasteiger partial charge is 0.271 e. The van der Waals surface area contributed by atoms with Crippen molar-refractivity contribution in [3.8, 4) is 11.5 Å². The number of allylic oxidation sites excluding steroid dienone is 1. The third-order valence-corrected chi connectivity index (χ3v) is 9.84.